The molecule has 1 aromatic carbocycles. The van der Waals surface area contributed by atoms with Crippen LogP contribution in [0.1, 0.15) is 22.5 Å². The van der Waals surface area contributed by atoms with Crippen molar-refractivity contribution in [3.05, 3.63) is 50.6 Å². The van der Waals surface area contributed by atoms with Gasteiger partial charge in [-0.25, -0.2) is 4.98 Å². The number of halogens is 1. The SMILES string of the molecule is Cc1csc(CC(N)c2cc3cccc(Br)c3o2)n1. The van der Waals surface area contributed by atoms with Crippen LogP contribution in [-0.2, 0) is 6.42 Å². The van der Waals surface area contributed by atoms with Gasteiger partial charge in [-0.1, -0.05) is 12.1 Å². The highest BCUT2D eigenvalue weighted by atomic mass is 79.9. The van der Waals surface area contributed by atoms with Crippen molar-refractivity contribution in [1.29, 1.82) is 0 Å². The summed E-state index contributed by atoms with van der Waals surface area (Å²) in [5.41, 5.74) is 8.10. The summed E-state index contributed by atoms with van der Waals surface area (Å²) in [7, 11) is 0. The van der Waals surface area contributed by atoms with Crippen LogP contribution in [0.4, 0.5) is 0 Å². The number of aryl methyl sites for hydroxylation is 1. The van der Waals surface area contributed by atoms with Gasteiger partial charge in [-0.05, 0) is 35.0 Å². The first-order valence-corrected chi connectivity index (χ1v) is 7.65. The number of para-hydroxylation sites is 1. The second kappa shape index (κ2) is 5.07. The molecule has 0 bridgehead atoms. The van der Waals surface area contributed by atoms with Crippen LogP contribution >= 0.6 is 27.3 Å². The number of aromatic nitrogens is 1. The molecule has 0 radical (unpaired) electrons. The van der Waals surface area contributed by atoms with E-state index in [1.807, 2.05) is 36.6 Å². The molecule has 1 unspecified atom stereocenters. The number of hydrogen-bond acceptors (Lipinski definition) is 4. The Kier molecular flexibility index (Phi) is 3.43. The van der Waals surface area contributed by atoms with Gasteiger partial charge in [0.05, 0.1) is 15.5 Å². The lowest BCUT2D eigenvalue weighted by Gasteiger charge is -2.05. The van der Waals surface area contributed by atoms with Gasteiger partial charge in [-0.2, -0.15) is 0 Å². The lowest BCUT2D eigenvalue weighted by atomic mass is 10.1. The van der Waals surface area contributed by atoms with Crippen LogP contribution in [-0.4, -0.2) is 4.98 Å². The van der Waals surface area contributed by atoms with Crippen LogP contribution in [0.25, 0.3) is 11.0 Å². The maximum atomic E-state index is 6.21. The maximum Gasteiger partial charge on any atom is 0.148 e. The van der Waals surface area contributed by atoms with Gasteiger partial charge in [0.2, 0.25) is 0 Å². The quantitative estimate of drug-likeness (QED) is 0.779. The summed E-state index contributed by atoms with van der Waals surface area (Å²) < 4.78 is 6.80. The number of benzene rings is 1. The van der Waals surface area contributed by atoms with E-state index in [-0.39, 0.29) is 6.04 Å². The van der Waals surface area contributed by atoms with E-state index >= 15 is 0 Å². The third kappa shape index (κ3) is 2.59. The number of furan rings is 1. The summed E-state index contributed by atoms with van der Waals surface area (Å²) in [5.74, 6) is 0.801. The molecule has 2 heterocycles. The lowest BCUT2D eigenvalue weighted by Crippen LogP contribution is -2.12. The van der Waals surface area contributed by atoms with Crippen LogP contribution in [0.3, 0.4) is 0 Å². The molecule has 0 aliphatic carbocycles. The van der Waals surface area contributed by atoms with Crippen LogP contribution in [0.5, 0.6) is 0 Å². The Balaban J connectivity index is 1.89. The van der Waals surface area contributed by atoms with Crippen molar-refractivity contribution in [2.24, 2.45) is 5.73 Å². The molecule has 0 fully saturated rings. The number of thiazole rings is 1. The van der Waals surface area contributed by atoms with Gasteiger partial charge in [0.25, 0.3) is 0 Å². The van der Waals surface area contributed by atoms with E-state index in [1.165, 1.54) is 0 Å². The molecule has 0 spiro atoms. The van der Waals surface area contributed by atoms with Crippen LogP contribution in [0.2, 0.25) is 0 Å². The van der Waals surface area contributed by atoms with E-state index in [1.54, 1.807) is 11.3 Å². The van der Waals surface area contributed by atoms with E-state index in [0.29, 0.717) is 6.42 Å². The summed E-state index contributed by atoms with van der Waals surface area (Å²) >= 11 is 5.13. The summed E-state index contributed by atoms with van der Waals surface area (Å²) in [4.78, 5) is 4.44. The molecule has 0 saturated heterocycles. The second-order valence-corrected chi connectivity index (χ2v) is 6.30. The Morgan fingerprint density at radius 2 is 2.32 bits per heavy atom. The normalized spacial score (nSPS) is 13.0. The first kappa shape index (κ1) is 12.8. The molecule has 5 heteroatoms. The molecule has 3 rings (SSSR count). The molecule has 3 aromatic rings. The molecular weight excluding hydrogens is 324 g/mol. The van der Waals surface area contributed by atoms with Crippen LogP contribution in [0, 0.1) is 6.92 Å². The molecule has 0 aliphatic rings. The zero-order chi connectivity index (χ0) is 13.4. The fourth-order valence-electron chi connectivity index (χ4n) is 2.02. The van der Waals surface area contributed by atoms with Crippen molar-refractivity contribution in [3.8, 4) is 0 Å². The lowest BCUT2D eigenvalue weighted by molar-refractivity contribution is 0.492. The molecule has 2 N–H and O–H groups in total. The Morgan fingerprint density at radius 3 is 3.00 bits per heavy atom. The standard InChI is InChI=1S/C14H13BrN2OS/c1-8-7-19-13(17-8)6-11(16)12-5-9-3-2-4-10(15)14(9)18-12/h2-5,7,11H,6,16H2,1H3. The van der Waals surface area contributed by atoms with E-state index < -0.39 is 0 Å². The van der Waals surface area contributed by atoms with Gasteiger partial charge >= 0.3 is 0 Å². The van der Waals surface area contributed by atoms with Crippen molar-refractivity contribution >= 4 is 38.2 Å². The minimum atomic E-state index is -0.162. The predicted octanol–water partition coefficient (Wildman–Crippen LogP) is 4.20. The van der Waals surface area contributed by atoms with Gasteiger partial charge in [-0.3, -0.25) is 0 Å². The smallest absolute Gasteiger partial charge is 0.148 e. The first-order chi connectivity index (χ1) is 9.13. The maximum absolute atomic E-state index is 6.21. The predicted molar refractivity (Wildman–Crippen MR) is 81.4 cm³/mol. The fourth-order valence-corrected chi connectivity index (χ4v) is 3.31. The van der Waals surface area contributed by atoms with E-state index in [4.69, 9.17) is 10.2 Å². The zero-order valence-electron chi connectivity index (χ0n) is 10.4. The Labute approximate surface area is 123 Å². The van der Waals surface area contributed by atoms with Gasteiger partial charge < -0.3 is 10.2 Å². The molecule has 19 heavy (non-hydrogen) atoms. The average Bonchev–Trinajstić information content (AvgIpc) is 2.96. The van der Waals surface area contributed by atoms with Gasteiger partial charge in [0.15, 0.2) is 0 Å². The van der Waals surface area contributed by atoms with E-state index in [0.717, 1.165) is 31.9 Å². The van der Waals surface area contributed by atoms with Crippen molar-refractivity contribution < 1.29 is 4.42 Å². The molecule has 0 saturated carbocycles. The van der Waals surface area contributed by atoms with E-state index in [9.17, 15) is 0 Å². The topological polar surface area (TPSA) is 52.0 Å². The van der Waals surface area contributed by atoms with Gasteiger partial charge in [0.1, 0.15) is 11.3 Å². The Bertz CT molecular complexity index is 719. The highest BCUT2D eigenvalue weighted by Gasteiger charge is 2.15. The average molecular weight is 337 g/mol. The largest absolute Gasteiger partial charge is 0.458 e. The van der Waals surface area contributed by atoms with Crippen LogP contribution < -0.4 is 5.73 Å². The summed E-state index contributed by atoms with van der Waals surface area (Å²) in [5, 5.41) is 4.15. The third-order valence-electron chi connectivity index (χ3n) is 2.94. The minimum absolute atomic E-state index is 0.162. The van der Waals surface area contributed by atoms with Crippen molar-refractivity contribution in [2.75, 3.05) is 0 Å². The van der Waals surface area contributed by atoms with Crippen molar-refractivity contribution in [1.82, 2.24) is 4.98 Å². The summed E-state index contributed by atoms with van der Waals surface area (Å²) in [6.07, 6.45) is 0.704. The number of hydrogen-bond donors (Lipinski definition) is 1. The second-order valence-electron chi connectivity index (χ2n) is 4.50. The fraction of sp³-hybridized carbons (Fsp3) is 0.214. The molecule has 1 atom stereocenters. The highest BCUT2D eigenvalue weighted by molar-refractivity contribution is 9.10. The number of rotatable bonds is 3. The molecule has 2 aromatic heterocycles. The van der Waals surface area contributed by atoms with Crippen molar-refractivity contribution in [3.63, 3.8) is 0 Å². The third-order valence-corrected chi connectivity index (χ3v) is 4.56. The van der Waals surface area contributed by atoms with Gasteiger partial charge in [-0.15, -0.1) is 11.3 Å². The van der Waals surface area contributed by atoms with Gasteiger partial charge in [0, 0.05) is 22.9 Å². The minimum Gasteiger partial charge on any atom is -0.458 e. The summed E-state index contributed by atoms with van der Waals surface area (Å²) in [6, 6.07) is 7.82. The molecular formula is C14H13BrN2OS. The molecule has 0 amide bonds. The number of fused-ring (bicyclic) bond motifs is 1. The Morgan fingerprint density at radius 1 is 1.47 bits per heavy atom. The first-order valence-electron chi connectivity index (χ1n) is 5.98. The summed E-state index contributed by atoms with van der Waals surface area (Å²) in [6.45, 7) is 1.99. The molecule has 0 aliphatic heterocycles. The molecule has 3 nitrogen and oxygen atoms in total. The Hall–Kier alpha value is -1.17. The molecule has 98 valence electrons. The van der Waals surface area contributed by atoms with E-state index in [2.05, 4.69) is 20.9 Å². The van der Waals surface area contributed by atoms with Crippen molar-refractivity contribution in [2.45, 2.75) is 19.4 Å². The monoisotopic (exact) mass is 336 g/mol. The number of nitrogens with zero attached hydrogens (tertiary/aromatic N) is 1. The number of nitrogens with two attached hydrogens (primary N) is 1. The van der Waals surface area contributed by atoms with Crippen LogP contribution in [0.15, 0.2) is 38.5 Å². The zero-order valence-corrected chi connectivity index (χ0v) is 12.8. The highest BCUT2D eigenvalue weighted by Crippen LogP contribution is 2.30.